The number of nitrogens with zero attached hydrogens (tertiary/aromatic N) is 1. The van der Waals surface area contributed by atoms with Crippen molar-refractivity contribution in [3.05, 3.63) is 52.9 Å². The van der Waals surface area contributed by atoms with Crippen LogP contribution in [0.2, 0.25) is 5.02 Å². The zero-order valence-corrected chi connectivity index (χ0v) is 15.2. The lowest BCUT2D eigenvalue weighted by Gasteiger charge is -2.26. The topological polar surface area (TPSA) is 79.6 Å². The van der Waals surface area contributed by atoms with E-state index in [1.165, 1.54) is 12.1 Å². The predicted octanol–water partition coefficient (Wildman–Crippen LogP) is 3.36. The van der Waals surface area contributed by atoms with Gasteiger partial charge in [-0.15, -0.1) is 0 Å². The molecule has 0 saturated heterocycles. The minimum absolute atomic E-state index is 0.0652. The third-order valence-electron chi connectivity index (χ3n) is 3.30. The van der Waals surface area contributed by atoms with Gasteiger partial charge in [-0.25, -0.2) is 8.42 Å². The van der Waals surface area contributed by atoms with Crippen molar-refractivity contribution in [1.29, 1.82) is 0 Å². The standard InChI is InChI=1S/C16H19ClN2O4S/c1-11(2)19(10-13-5-4-8-23-13)16(20)12-6-7-14(17)15(9-12)18-24(3,21)22/h4-9,11,18H,10H2,1-3H3. The van der Waals surface area contributed by atoms with Crippen LogP contribution < -0.4 is 4.72 Å². The molecule has 0 saturated carbocycles. The molecule has 1 aromatic heterocycles. The molecule has 130 valence electrons. The van der Waals surface area contributed by atoms with E-state index in [1.807, 2.05) is 13.8 Å². The van der Waals surface area contributed by atoms with Crippen LogP contribution in [0.4, 0.5) is 5.69 Å². The number of hydrogen-bond donors (Lipinski definition) is 1. The molecule has 1 amide bonds. The van der Waals surface area contributed by atoms with Crippen molar-refractivity contribution in [3.8, 4) is 0 Å². The van der Waals surface area contributed by atoms with Gasteiger partial charge in [-0.1, -0.05) is 11.6 Å². The van der Waals surface area contributed by atoms with Gasteiger partial charge in [-0.2, -0.15) is 0 Å². The van der Waals surface area contributed by atoms with Gasteiger partial charge in [0.25, 0.3) is 5.91 Å². The minimum atomic E-state index is -3.49. The van der Waals surface area contributed by atoms with E-state index in [-0.39, 0.29) is 22.7 Å². The van der Waals surface area contributed by atoms with Crippen molar-refractivity contribution in [3.63, 3.8) is 0 Å². The molecule has 6 nitrogen and oxygen atoms in total. The molecule has 0 unspecified atom stereocenters. The van der Waals surface area contributed by atoms with E-state index in [4.69, 9.17) is 16.0 Å². The maximum absolute atomic E-state index is 12.8. The monoisotopic (exact) mass is 370 g/mol. The van der Waals surface area contributed by atoms with Gasteiger partial charge in [0, 0.05) is 11.6 Å². The van der Waals surface area contributed by atoms with E-state index >= 15 is 0 Å². The summed E-state index contributed by atoms with van der Waals surface area (Å²) in [6.07, 6.45) is 2.57. The number of carbonyl (C=O) groups is 1. The van der Waals surface area contributed by atoms with Crippen LogP contribution in [-0.4, -0.2) is 31.5 Å². The van der Waals surface area contributed by atoms with E-state index in [0.717, 1.165) is 6.26 Å². The molecular weight excluding hydrogens is 352 g/mol. The summed E-state index contributed by atoms with van der Waals surface area (Å²) in [7, 11) is -3.49. The van der Waals surface area contributed by atoms with Crippen molar-refractivity contribution in [2.24, 2.45) is 0 Å². The normalized spacial score (nSPS) is 11.5. The predicted molar refractivity (Wildman–Crippen MR) is 93.6 cm³/mol. The highest BCUT2D eigenvalue weighted by molar-refractivity contribution is 7.92. The maximum atomic E-state index is 12.8. The van der Waals surface area contributed by atoms with Crippen molar-refractivity contribution < 1.29 is 17.6 Å². The first kappa shape index (κ1) is 18.4. The van der Waals surface area contributed by atoms with Crippen LogP contribution in [0.5, 0.6) is 0 Å². The van der Waals surface area contributed by atoms with Crippen LogP contribution in [0, 0.1) is 0 Å². The lowest BCUT2D eigenvalue weighted by atomic mass is 10.1. The zero-order chi connectivity index (χ0) is 17.9. The number of rotatable bonds is 6. The number of furan rings is 1. The molecule has 2 rings (SSSR count). The number of halogens is 1. The van der Waals surface area contributed by atoms with Crippen molar-refractivity contribution in [1.82, 2.24) is 4.90 Å². The zero-order valence-electron chi connectivity index (χ0n) is 13.6. The number of carbonyl (C=O) groups excluding carboxylic acids is 1. The lowest BCUT2D eigenvalue weighted by molar-refractivity contribution is 0.0676. The summed E-state index contributed by atoms with van der Waals surface area (Å²) in [4.78, 5) is 14.4. The van der Waals surface area contributed by atoms with E-state index in [9.17, 15) is 13.2 Å². The van der Waals surface area contributed by atoms with Gasteiger partial charge < -0.3 is 9.32 Å². The summed E-state index contributed by atoms with van der Waals surface area (Å²) < 4.78 is 30.4. The second-order valence-corrected chi connectivity index (χ2v) is 7.83. The first-order valence-corrected chi connectivity index (χ1v) is 9.55. The highest BCUT2D eigenvalue weighted by Gasteiger charge is 2.21. The molecule has 0 radical (unpaired) electrons. The molecule has 1 aromatic carbocycles. The van der Waals surface area contributed by atoms with Gasteiger partial charge in [0.15, 0.2) is 0 Å². The maximum Gasteiger partial charge on any atom is 0.254 e. The lowest BCUT2D eigenvalue weighted by Crippen LogP contribution is -2.36. The number of sulfonamides is 1. The molecular formula is C16H19ClN2O4S. The number of amides is 1. The fraction of sp³-hybridized carbons (Fsp3) is 0.312. The quantitative estimate of drug-likeness (QED) is 0.845. The van der Waals surface area contributed by atoms with Crippen LogP contribution in [0.3, 0.4) is 0 Å². The molecule has 24 heavy (non-hydrogen) atoms. The molecule has 0 bridgehead atoms. The Bertz CT molecular complexity index is 817. The van der Waals surface area contributed by atoms with Crippen LogP contribution >= 0.6 is 11.6 Å². The van der Waals surface area contributed by atoms with Gasteiger partial charge in [-0.3, -0.25) is 9.52 Å². The minimum Gasteiger partial charge on any atom is -0.467 e. The first-order chi connectivity index (χ1) is 11.2. The van der Waals surface area contributed by atoms with Crippen molar-refractivity contribution in [2.45, 2.75) is 26.4 Å². The van der Waals surface area contributed by atoms with Gasteiger partial charge in [-0.05, 0) is 44.2 Å². The van der Waals surface area contributed by atoms with Crippen LogP contribution in [0.15, 0.2) is 41.0 Å². The summed E-state index contributed by atoms with van der Waals surface area (Å²) >= 11 is 6.00. The summed E-state index contributed by atoms with van der Waals surface area (Å²) in [6, 6.07) is 7.98. The molecule has 1 N–H and O–H groups in total. The van der Waals surface area contributed by atoms with E-state index in [2.05, 4.69) is 4.72 Å². The average Bonchev–Trinajstić information content (AvgIpc) is 2.98. The molecule has 1 heterocycles. The Morgan fingerprint density at radius 3 is 2.58 bits per heavy atom. The number of nitrogens with one attached hydrogen (secondary N) is 1. The average molecular weight is 371 g/mol. The summed E-state index contributed by atoms with van der Waals surface area (Å²) in [5.74, 6) is 0.426. The molecule has 8 heteroatoms. The summed E-state index contributed by atoms with van der Waals surface area (Å²) in [5.41, 5.74) is 0.512. The SMILES string of the molecule is CC(C)N(Cc1ccco1)C(=O)c1ccc(Cl)c(NS(C)(=O)=O)c1. The highest BCUT2D eigenvalue weighted by Crippen LogP contribution is 2.25. The van der Waals surface area contributed by atoms with Crippen LogP contribution in [-0.2, 0) is 16.6 Å². The number of benzene rings is 1. The third kappa shape index (κ3) is 4.75. The third-order valence-corrected chi connectivity index (χ3v) is 4.22. The molecule has 0 spiro atoms. The largest absolute Gasteiger partial charge is 0.467 e. The Kier molecular flexibility index (Phi) is 5.56. The van der Waals surface area contributed by atoms with Crippen molar-refractivity contribution >= 4 is 33.2 Å². The van der Waals surface area contributed by atoms with Crippen LogP contribution in [0.1, 0.15) is 30.0 Å². The van der Waals surface area contributed by atoms with Gasteiger partial charge in [0.2, 0.25) is 10.0 Å². The first-order valence-electron chi connectivity index (χ1n) is 7.28. The molecule has 2 aromatic rings. The second-order valence-electron chi connectivity index (χ2n) is 5.68. The second kappa shape index (κ2) is 7.27. The Balaban J connectivity index is 2.31. The molecule has 0 aliphatic heterocycles. The molecule has 0 aliphatic carbocycles. The van der Waals surface area contributed by atoms with Crippen LogP contribution in [0.25, 0.3) is 0 Å². The van der Waals surface area contributed by atoms with Gasteiger partial charge >= 0.3 is 0 Å². The van der Waals surface area contributed by atoms with Gasteiger partial charge in [0.1, 0.15) is 5.76 Å². The highest BCUT2D eigenvalue weighted by atomic mass is 35.5. The Labute approximate surface area is 146 Å². The smallest absolute Gasteiger partial charge is 0.254 e. The Hall–Kier alpha value is -1.99. The van der Waals surface area contributed by atoms with E-state index in [0.29, 0.717) is 17.9 Å². The molecule has 0 aliphatic rings. The Morgan fingerprint density at radius 2 is 2.04 bits per heavy atom. The number of anilines is 1. The fourth-order valence-corrected chi connectivity index (χ4v) is 2.95. The summed E-state index contributed by atoms with van der Waals surface area (Å²) in [5, 5.41) is 0.221. The summed E-state index contributed by atoms with van der Waals surface area (Å²) in [6.45, 7) is 4.11. The molecule has 0 atom stereocenters. The van der Waals surface area contributed by atoms with Gasteiger partial charge in [0.05, 0.1) is 29.8 Å². The Morgan fingerprint density at radius 1 is 1.33 bits per heavy atom. The number of hydrogen-bond acceptors (Lipinski definition) is 4. The van der Waals surface area contributed by atoms with E-state index in [1.54, 1.807) is 29.4 Å². The van der Waals surface area contributed by atoms with E-state index < -0.39 is 10.0 Å². The fourth-order valence-electron chi connectivity index (χ4n) is 2.16. The molecule has 0 fully saturated rings. The van der Waals surface area contributed by atoms with Crippen molar-refractivity contribution in [2.75, 3.05) is 11.0 Å².